The fourth-order valence-corrected chi connectivity index (χ4v) is 1.39. The Kier molecular flexibility index (Phi) is 3.00. The maximum Gasteiger partial charge on any atom is 0.137 e. The maximum atomic E-state index is 13.0. The predicted molar refractivity (Wildman–Crippen MR) is 59.4 cm³/mol. The Morgan fingerprint density at radius 3 is 2.94 bits per heavy atom. The van der Waals surface area contributed by atoms with Crippen LogP contribution in [-0.2, 0) is 6.42 Å². The van der Waals surface area contributed by atoms with Crippen LogP contribution in [0.15, 0.2) is 24.5 Å². The minimum Gasteiger partial charge on any atom is -0.399 e. The molecule has 84 valence electrons. The Morgan fingerprint density at radius 1 is 1.38 bits per heavy atom. The molecule has 0 radical (unpaired) electrons. The number of hydrogen-bond donors (Lipinski definition) is 3. The molecule has 1 heterocycles. The topological polar surface area (TPSA) is 79.6 Å². The van der Waals surface area contributed by atoms with Gasteiger partial charge in [0.2, 0.25) is 0 Å². The van der Waals surface area contributed by atoms with Crippen LogP contribution in [0.5, 0.6) is 0 Å². The van der Waals surface area contributed by atoms with E-state index in [0.29, 0.717) is 24.3 Å². The number of benzene rings is 1. The van der Waals surface area contributed by atoms with Gasteiger partial charge in [-0.25, -0.2) is 9.37 Å². The van der Waals surface area contributed by atoms with Crippen LogP contribution >= 0.6 is 0 Å². The van der Waals surface area contributed by atoms with Crippen molar-refractivity contribution in [2.75, 3.05) is 17.6 Å². The SMILES string of the molecule is Nc1cc(F)cc(NCCc2ncn[nH]2)c1. The first-order valence-electron chi connectivity index (χ1n) is 4.88. The molecule has 6 heteroatoms. The van der Waals surface area contributed by atoms with Crippen molar-refractivity contribution in [3.05, 3.63) is 36.2 Å². The third-order valence-corrected chi connectivity index (χ3v) is 2.08. The van der Waals surface area contributed by atoms with Gasteiger partial charge in [0.05, 0.1) is 0 Å². The van der Waals surface area contributed by atoms with Crippen LogP contribution in [0.25, 0.3) is 0 Å². The third kappa shape index (κ3) is 2.69. The molecule has 0 bridgehead atoms. The lowest BCUT2D eigenvalue weighted by atomic mass is 10.2. The van der Waals surface area contributed by atoms with Gasteiger partial charge in [0.15, 0.2) is 0 Å². The summed E-state index contributed by atoms with van der Waals surface area (Å²) in [7, 11) is 0. The van der Waals surface area contributed by atoms with Crippen molar-refractivity contribution in [1.29, 1.82) is 0 Å². The molecule has 0 amide bonds. The average Bonchev–Trinajstić information content (AvgIpc) is 2.69. The standard InChI is InChI=1S/C10H12FN5/c11-7-3-8(12)5-9(4-7)13-2-1-10-14-6-15-16-10/h3-6,13H,1-2,12H2,(H,14,15,16). The third-order valence-electron chi connectivity index (χ3n) is 2.08. The largest absolute Gasteiger partial charge is 0.399 e. The summed E-state index contributed by atoms with van der Waals surface area (Å²) in [5, 5.41) is 9.54. The number of H-pyrrole nitrogens is 1. The molecule has 1 aromatic heterocycles. The number of rotatable bonds is 4. The van der Waals surface area contributed by atoms with Gasteiger partial charge in [0.25, 0.3) is 0 Å². The van der Waals surface area contributed by atoms with Crippen molar-refractivity contribution in [2.24, 2.45) is 0 Å². The number of nitrogens with zero attached hydrogens (tertiary/aromatic N) is 2. The van der Waals surface area contributed by atoms with Crippen molar-refractivity contribution in [3.63, 3.8) is 0 Å². The van der Waals surface area contributed by atoms with E-state index in [1.165, 1.54) is 18.5 Å². The van der Waals surface area contributed by atoms with Gasteiger partial charge < -0.3 is 11.1 Å². The maximum absolute atomic E-state index is 13.0. The highest BCUT2D eigenvalue weighted by molar-refractivity contribution is 5.54. The molecule has 0 aliphatic carbocycles. The van der Waals surface area contributed by atoms with E-state index in [1.807, 2.05) is 0 Å². The summed E-state index contributed by atoms with van der Waals surface area (Å²) in [5.74, 6) is 0.444. The van der Waals surface area contributed by atoms with Gasteiger partial charge in [-0.15, -0.1) is 0 Å². The first kappa shape index (κ1) is 10.4. The van der Waals surface area contributed by atoms with Gasteiger partial charge in [0, 0.05) is 24.3 Å². The summed E-state index contributed by atoms with van der Waals surface area (Å²) in [6.07, 6.45) is 2.14. The lowest BCUT2D eigenvalue weighted by Crippen LogP contribution is -2.06. The van der Waals surface area contributed by atoms with Crippen LogP contribution in [-0.4, -0.2) is 21.7 Å². The number of nitrogens with one attached hydrogen (secondary N) is 2. The number of nitrogens with two attached hydrogens (primary N) is 1. The lowest BCUT2D eigenvalue weighted by molar-refractivity contribution is 0.629. The molecule has 0 unspecified atom stereocenters. The Labute approximate surface area is 91.9 Å². The van der Waals surface area contributed by atoms with Gasteiger partial charge >= 0.3 is 0 Å². The first-order valence-corrected chi connectivity index (χ1v) is 4.88. The van der Waals surface area contributed by atoms with E-state index in [2.05, 4.69) is 20.5 Å². The fraction of sp³-hybridized carbons (Fsp3) is 0.200. The fourth-order valence-electron chi connectivity index (χ4n) is 1.39. The molecule has 4 N–H and O–H groups in total. The number of nitrogen functional groups attached to an aromatic ring is 1. The summed E-state index contributed by atoms with van der Waals surface area (Å²) in [6.45, 7) is 0.637. The van der Waals surface area contributed by atoms with Crippen LogP contribution in [0.4, 0.5) is 15.8 Å². The highest BCUT2D eigenvalue weighted by Gasteiger charge is 1.99. The molecule has 0 atom stereocenters. The highest BCUT2D eigenvalue weighted by atomic mass is 19.1. The average molecular weight is 221 g/mol. The lowest BCUT2D eigenvalue weighted by Gasteiger charge is -2.06. The van der Waals surface area contributed by atoms with Crippen LogP contribution in [0.2, 0.25) is 0 Å². The molecular weight excluding hydrogens is 209 g/mol. The Hall–Kier alpha value is -2.11. The van der Waals surface area contributed by atoms with Gasteiger partial charge in [-0.05, 0) is 18.2 Å². The van der Waals surface area contributed by atoms with Crippen molar-refractivity contribution in [1.82, 2.24) is 15.2 Å². The molecule has 0 fully saturated rings. The monoisotopic (exact) mass is 221 g/mol. The molecule has 0 saturated heterocycles. The van der Waals surface area contributed by atoms with E-state index in [1.54, 1.807) is 6.07 Å². The molecule has 0 spiro atoms. The molecular formula is C10H12FN5. The number of halogens is 1. The van der Waals surface area contributed by atoms with Crippen LogP contribution < -0.4 is 11.1 Å². The van der Waals surface area contributed by atoms with E-state index in [4.69, 9.17) is 5.73 Å². The number of hydrogen-bond acceptors (Lipinski definition) is 4. The highest BCUT2D eigenvalue weighted by Crippen LogP contribution is 2.15. The Morgan fingerprint density at radius 2 is 2.25 bits per heavy atom. The zero-order valence-corrected chi connectivity index (χ0v) is 8.57. The van der Waals surface area contributed by atoms with Crippen LogP contribution in [0, 0.1) is 5.82 Å². The molecule has 1 aromatic carbocycles. The van der Waals surface area contributed by atoms with Crippen molar-refractivity contribution >= 4 is 11.4 Å². The zero-order chi connectivity index (χ0) is 11.4. The summed E-state index contributed by atoms with van der Waals surface area (Å²) in [6, 6.07) is 4.36. The van der Waals surface area contributed by atoms with E-state index in [-0.39, 0.29) is 5.82 Å². The van der Waals surface area contributed by atoms with E-state index >= 15 is 0 Å². The molecule has 0 aliphatic rings. The Balaban J connectivity index is 1.89. The summed E-state index contributed by atoms with van der Waals surface area (Å²) in [5.41, 5.74) is 6.59. The number of aromatic amines is 1. The minimum atomic E-state index is -0.345. The minimum absolute atomic E-state index is 0.345. The van der Waals surface area contributed by atoms with Crippen LogP contribution in [0.1, 0.15) is 5.82 Å². The quantitative estimate of drug-likeness (QED) is 0.677. The molecule has 2 aromatic rings. The van der Waals surface area contributed by atoms with Crippen LogP contribution in [0.3, 0.4) is 0 Å². The van der Waals surface area contributed by atoms with Crippen molar-refractivity contribution < 1.29 is 4.39 Å². The molecule has 16 heavy (non-hydrogen) atoms. The smallest absolute Gasteiger partial charge is 0.137 e. The first-order chi connectivity index (χ1) is 7.74. The second kappa shape index (κ2) is 4.61. The van der Waals surface area contributed by atoms with Gasteiger partial charge in [-0.3, -0.25) is 5.10 Å². The molecule has 5 nitrogen and oxygen atoms in total. The summed E-state index contributed by atoms with van der Waals surface area (Å²) >= 11 is 0. The number of aromatic nitrogens is 3. The van der Waals surface area contributed by atoms with Crippen molar-refractivity contribution in [3.8, 4) is 0 Å². The molecule has 2 rings (SSSR count). The normalized spacial score (nSPS) is 10.3. The van der Waals surface area contributed by atoms with E-state index in [0.717, 1.165) is 5.82 Å². The summed E-state index contributed by atoms with van der Waals surface area (Å²) in [4.78, 5) is 3.98. The van der Waals surface area contributed by atoms with E-state index in [9.17, 15) is 4.39 Å². The predicted octanol–water partition coefficient (Wildman–Crippen LogP) is 1.18. The Bertz CT molecular complexity index is 434. The summed E-state index contributed by atoms with van der Waals surface area (Å²) < 4.78 is 13.0. The van der Waals surface area contributed by atoms with E-state index < -0.39 is 0 Å². The zero-order valence-electron chi connectivity index (χ0n) is 8.57. The van der Waals surface area contributed by atoms with Gasteiger partial charge in [-0.1, -0.05) is 0 Å². The molecule has 0 saturated carbocycles. The van der Waals surface area contributed by atoms with Gasteiger partial charge in [-0.2, -0.15) is 5.10 Å². The number of anilines is 2. The molecule has 0 aliphatic heterocycles. The second-order valence-electron chi connectivity index (χ2n) is 3.38. The second-order valence-corrected chi connectivity index (χ2v) is 3.38. The van der Waals surface area contributed by atoms with Crippen molar-refractivity contribution in [2.45, 2.75) is 6.42 Å². The van der Waals surface area contributed by atoms with Gasteiger partial charge in [0.1, 0.15) is 18.0 Å².